The minimum Gasteiger partial charge on any atom is -0.493 e. The molecule has 4 aromatic rings. The van der Waals surface area contributed by atoms with Crippen LogP contribution >= 0.6 is 0 Å². The smallest absolute Gasteiger partial charge is 0.332 e. The van der Waals surface area contributed by atoms with Crippen LogP contribution in [0.2, 0.25) is 0 Å². The van der Waals surface area contributed by atoms with Gasteiger partial charge in [0.05, 0.1) is 30.1 Å². The van der Waals surface area contributed by atoms with Crippen molar-refractivity contribution in [3.05, 3.63) is 90.0 Å². The van der Waals surface area contributed by atoms with E-state index in [-0.39, 0.29) is 0 Å². The first-order valence-electron chi connectivity index (χ1n) is 12.0. The molecule has 4 heterocycles. The summed E-state index contributed by atoms with van der Waals surface area (Å²) in [6, 6.07) is 17.8. The fourth-order valence-corrected chi connectivity index (χ4v) is 4.28. The van der Waals surface area contributed by atoms with Crippen molar-refractivity contribution in [3.8, 4) is 5.75 Å². The van der Waals surface area contributed by atoms with Gasteiger partial charge in [-0.25, -0.2) is 9.78 Å². The third-order valence-corrected chi connectivity index (χ3v) is 5.97. The third kappa shape index (κ3) is 5.19. The molecule has 35 heavy (non-hydrogen) atoms. The number of hydrogen-bond donors (Lipinski definition) is 1. The first kappa shape index (κ1) is 22.7. The van der Waals surface area contributed by atoms with Gasteiger partial charge >= 0.3 is 5.97 Å². The van der Waals surface area contributed by atoms with Crippen molar-refractivity contribution in [1.82, 2.24) is 14.5 Å². The van der Waals surface area contributed by atoms with Gasteiger partial charge in [0.2, 0.25) is 0 Å². The van der Waals surface area contributed by atoms with Gasteiger partial charge in [0.1, 0.15) is 11.6 Å². The first-order valence-corrected chi connectivity index (χ1v) is 12.0. The second-order valence-electron chi connectivity index (χ2n) is 8.34. The van der Waals surface area contributed by atoms with Crippen molar-refractivity contribution in [2.45, 2.75) is 26.2 Å². The highest BCUT2D eigenvalue weighted by molar-refractivity contribution is 5.94. The topological polar surface area (TPSA) is 78.3 Å². The van der Waals surface area contributed by atoms with Gasteiger partial charge in [-0.05, 0) is 67.8 Å². The van der Waals surface area contributed by atoms with Crippen LogP contribution in [0.3, 0.4) is 0 Å². The van der Waals surface area contributed by atoms with Gasteiger partial charge in [-0.3, -0.25) is 4.98 Å². The van der Waals surface area contributed by atoms with Crippen LogP contribution in [0.4, 0.5) is 5.82 Å². The van der Waals surface area contributed by atoms with Crippen molar-refractivity contribution in [3.63, 3.8) is 0 Å². The number of benzene rings is 1. The number of carbonyl (C=O) groups is 1. The Morgan fingerprint density at radius 1 is 1.17 bits per heavy atom. The van der Waals surface area contributed by atoms with E-state index >= 15 is 0 Å². The number of aryl methyl sites for hydroxylation is 1. The van der Waals surface area contributed by atoms with E-state index < -0.39 is 5.97 Å². The lowest BCUT2D eigenvalue weighted by molar-refractivity contribution is -0.137. The predicted molar refractivity (Wildman–Crippen MR) is 136 cm³/mol. The molecule has 1 aliphatic heterocycles. The number of carbonyl (C=O) groups excluding carboxylic acids is 1. The maximum atomic E-state index is 12.3. The SMILES string of the molecule is CCOC(=O)C=C(c1ccccn1)n1ccc2cc(OCCc3ccc4c(n3)NCCC4)ccc21. The molecule has 0 spiro atoms. The minimum absolute atomic E-state index is 0.315. The Hall–Kier alpha value is -4.13. The van der Waals surface area contributed by atoms with E-state index in [1.54, 1.807) is 13.1 Å². The van der Waals surface area contributed by atoms with Gasteiger partial charge < -0.3 is 19.4 Å². The highest BCUT2D eigenvalue weighted by atomic mass is 16.5. The Morgan fingerprint density at radius 3 is 2.97 bits per heavy atom. The Bertz CT molecular complexity index is 1360. The zero-order valence-corrected chi connectivity index (χ0v) is 19.7. The number of anilines is 1. The van der Waals surface area contributed by atoms with Crippen LogP contribution in [0, 0.1) is 0 Å². The largest absolute Gasteiger partial charge is 0.493 e. The molecule has 0 amide bonds. The van der Waals surface area contributed by atoms with Crippen molar-refractivity contribution >= 4 is 28.4 Å². The third-order valence-electron chi connectivity index (χ3n) is 5.97. The van der Waals surface area contributed by atoms with Crippen molar-refractivity contribution in [2.75, 3.05) is 25.1 Å². The summed E-state index contributed by atoms with van der Waals surface area (Å²) in [5, 5.41) is 4.38. The molecule has 0 aliphatic carbocycles. The standard InChI is InChI=1S/C28H28N4O3/c1-2-34-27(33)19-26(24-7-3-4-14-29-24)32-16-12-21-18-23(10-11-25(21)32)35-17-13-22-9-8-20-6-5-15-30-28(20)31-22/h3-4,7-12,14,16,18-19H,2,5-6,13,15,17H2,1H3,(H,30,31). The number of aromatic nitrogens is 3. The summed E-state index contributed by atoms with van der Waals surface area (Å²) in [7, 11) is 0. The van der Waals surface area contributed by atoms with Gasteiger partial charge in [-0.1, -0.05) is 12.1 Å². The summed E-state index contributed by atoms with van der Waals surface area (Å²) in [6.45, 7) is 3.63. The van der Waals surface area contributed by atoms with Gasteiger partial charge in [-0.2, -0.15) is 0 Å². The van der Waals surface area contributed by atoms with E-state index in [1.165, 1.54) is 11.6 Å². The van der Waals surface area contributed by atoms with Crippen molar-refractivity contribution in [1.29, 1.82) is 0 Å². The fraction of sp³-hybridized carbons (Fsp3) is 0.250. The minimum atomic E-state index is -0.402. The van der Waals surface area contributed by atoms with Gasteiger partial charge in [0.15, 0.2) is 0 Å². The lowest BCUT2D eigenvalue weighted by Crippen LogP contribution is -2.14. The lowest BCUT2D eigenvalue weighted by atomic mass is 10.1. The number of ether oxygens (including phenoxy) is 2. The molecule has 0 unspecified atom stereocenters. The molecule has 1 aromatic carbocycles. The molecular weight excluding hydrogens is 440 g/mol. The molecule has 7 heteroatoms. The summed E-state index contributed by atoms with van der Waals surface area (Å²) < 4.78 is 13.1. The van der Waals surface area contributed by atoms with E-state index in [1.807, 2.05) is 53.2 Å². The van der Waals surface area contributed by atoms with Crippen LogP contribution in [0.15, 0.2) is 73.1 Å². The lowest BCUT2D eigenvalue weighted by Gasteiger charge is -2.17. The zero-order valence-electron chi connectivity index (χ0n) is 19.7. The van der Waals surface area contributed by atoms with E-state index in [2.05, 4.69) is 22.4 Å². The van der Waals surface area contributed by atoms with Crippen LogP contribution in [-0.4, -0.2) is 40.3 Å². The summed E-state index contributed by atoms with van der Waals surface area (Å²) in [5.41, 5.74) is 4.60. The van der Waals surface area contributed by atoms with Gasteiger partial charge in [-0.15, -0.1) is 0 Å². The average molecular weight is 469 g/mol. The molecule has 0 saturated heterocycles. The Balaban J connectivity index is 1.33. The quantitative estimate of drug-likeness (QED) is 0.294. The molecule has 178 valence electrons. The number of pyridine rings is 2. The predicted octanol–water partition coefficient (Wildman–Crippen LogP) is 4.86. The number of fused-ring (bicyclic) bond motifs is 2. The molecule has 0 atom stereocenters. The van der Waals surface area contributed by atoms with E-state index in [4.69, 9.17) is 14.5 Å². The molecule has 0 fully saturated rings. The van der Waals surface area contributed by atoms with Crippen molar-refractivity contribution in [2.24, 2.45) is 0 Å². The molecule has 1 aliphatic rings. The second kappa shape index (κ2) is 10.4. The molecule has 0 saturated carbocycles. The maximum Gasteiger partial charge on any atom is 0.332 e. The molecular formula is C28H28N4O3. The van der Waals surface area contributed by atoms with Crippen LogP contribution in [-0.2, 0) is 22.4 Å². The first-order chi connectivity index (χ1) is 17.2. The van der Waals surface area contributed by atoms with Crippen LogP contribution in [0.1, 0.15) is 30.3 Å². The summed E-state index contributed by atoms with van der Waals surface area (Å²) in [5.74, 6) is 1.40. The fourth-order valence-electron chi connectivity index (χ4n) is 4.28. The van der Waals surface area contributed by atoms with Crippen LogP contribution < -0.4 is 10.1 Å². The molecule has 3 aromatic heterocycles. The van der Waals surface area contributed by atoms with E-state index in [0.29, 0.717) is 24.6 Å². The van der Waals surface area contributed by atoms with Crippen LogP contribution in [0.25, 0.3) is 16.6 Å². The number of esters is 1. The molecule has 7 nitrogen and oxygen atoms in total. The number of nitrogens with zero attached hydrogens (tertiary/aromatic N) is 3. The van der Waals surface area contributed by atoms with Crippen molar-refractivity contribution < 1.29 is 14.3 Å². The molecule has 0 bridgehead atoms. The summed E-state index contributed by atoms with van der Waals surface area (Å²) in [6.07, 6.45) is 8.10. The normalized spacial score (nSPS) is 13.2. The van der Waals surface area contributed by atoms with E-state index in [9.17, 15) is 4.79 Å². The molecule has 0 radical (unpaired) electrons. The highest BCUT2D eigenvalue weighted by Gasteiger charge is 2.13. The number of rotatable bonds is 8. The van der Waals surface area contributed by atoms with E-state index in [0.717, 1.165) is 54.0 Å². The maximum absolute atomic E-state index is 12.3. The number of nitrogens with one attached hydrogen (secondary N) is 1. The van der Waals surface area contributed by atoms with Gasteiger partial charge in [0.25, 0.3) is 0 Å². The van der Waals surface area contributed by atoms with Crippen LogP contribution in [0.5, 0.6) is 5.75 Å². The second-order valence-corrected chi connectivity index (χ2v) is 8.34. The zero-order chi connectivity index (χ0) is 24.0. The molecule has 1 N–H and O–H groups in total. The Kier molecular flexibility index (Phi) is 6.75. The Labute approximate surface area is 204 Å². The highest BCUT2D eigenvalue weighted by Crippen LogP contribution is 2.27. The van der Waals surface area contributed by atoms with Gasteiger partial charge in [0, 0.05) is 42.5 Å². The summed E-state index contributed by atoms with van der Waals surface area (Å²) in [4.78, 5) is 21.4. The Morgan fingerprint density at radius 2 is 2.11 bits per heavy atom. The monoisotopic (exact) mass is 468 g/mol. The average Bonchev–Trinajstić information content (AvgIpc) is 3.31. The number of hydrogen-bond acceptors (Lipinski definition) is 6. The summed E-state index contributed by atoms with van der Waals surface area (Å²) >= 11 is 0. The molecule has 5 rings (SSSR count).